The second kappa shape index (κ2) is 10.8. The number of methoxy groups -OCH3 is 1. The third-order valence-electron chi connectivity index (χ3n) is 4.69. The minimum Gasteiger partial charge on any atom is -0.497 e. The Morgan fingerprint density at radius 2 is 1.84 bits per heavy atom. The zero-order chi connectivity index (χ0) is 23.1. The molecule has 0 spiro atoms. The molecule has 0 saturated carbocycles. The van der Waals surface area contributed by atoms with Crippen molar-refractivity contribution in [2.45, 2.75) is 38.6 Å². The molecule has 9 heteroatoms. The predicted molar refractivity (Wildman–Crippen MR) is 124 cm³/mol. The van der Waals surface area contributed by atoms with Gasteiger partial charge >= 0.3 is 0 Å². The highest BCUT2D eigenvalue weighted by Gasteiger charge is 2.19. The van der Waals surface area contributed by atoms with Gasteiger partial charge in [-0.2, -0.15) is 0 Å². The van der Waals surface area contributed by atoms with Gasteiger partial charge in [0.15, 0.2) is 22.9 Å². The molecular weight excluding hydrogens is 428 g/mol. The van der Waals surface area contributed by atoms with Gasteiger partial charge in [-0.15, -0.1) is 10.2 Å². The summed E-state index contributed by atoms with van der Waals surface area (Å²) in [7, 11) is 1.61. The molecule has 3 rings (SSSR count). The van der Waals surface area contributed by atoms with E-state index < -0.39 is 0 Å². The standard InChI is InChI=1S/C23H26N4O4S/c1-5-27-22(16(3)31-20-8-6-7-19(13-20)30-4)25-26-23(27)32-14-21(29)24-18-11-9-17(10-12-18)15(2)28/h6-13,16H,5,14H2,1-4H3,(H,24,29). The molecule has 1 aromatic heterocycles. The molecule has 1 atom stereocenters. The van der Waals surface area contributed by atoms with Crippen LogP contribution in [0.15, 0.2) is 53.7 Å². The van der Waals surface area contributed by atoms with E-state index in [9.17, 15) is 9.59 Å². The lowest BCUT2D eigenvalue weighted by Gasteiger charge is -2.16. The van der Waals surface area contributed by atoms with E-state index >= 15 is 0 Å². The quantitative estimate of drug-likeness (QED) is 0.359. The van der Waals surface area contributed by atoms with Crippen LogP contribution in [-0.4, -0.2) is 39.3 Å². The van der Waals surface area contributed by atoms with Crippen LogP contribution in [0, 0.1) is 0 Å². The first-order valence-electron chi connectivity index (χ1n) is 10.2. The van der Waals surface area contributed by atoms with Crippen molar-refractivity contribution in [3.8, 4) is 11.5 Å². The van der Waals surface area contributed by atoms with Crippen LogP contribution in [0.5, 0.6) is 11.5 Å². The van der Waals surface area contributed by atoms with Crippen molar-refractivity contribution in [1.29, 1.82) is 0 Å². The molecule has 8 nitrogen and oxygen atoms in total. The number of carbonyl (C=O) groups excluding carboxylic acids is 2. The number of ketones is 1. The number of rotatable bonds is 10. The van der Waals surface area contributed by atoms with Gasteiger partial charge in [0, 0.05) is 23.9 Å². The van der Waals surface area contributed by atoms with Crippen LogP contribution in [0.4, 0.5) is 5.69 Å². The number of aromatic nitrogens is 3. The highest BCUT2D eigenvalue weighted by atomic mass is 32.2. The Kier molecular flexibility index (Phi) is 7.88. The predicted octanol–water partition coefficient (Wildman–Crippen LogP) is 4.38. The molecule has 1 heterocycles. The number of amides is 1. The normalized spacial score (nSPS) is 11.6. The number of hydrogen-bond acceptors (Lipinski definition) is 7. The molecule has 0 saturated heterocycles. The smallest absolute Gasteiger partial charge is 0.234 e. The van der Waals surface area contributed by atoms with E-state index in [1.807, 2.05) is 42.7 Å². The van der Waals surface area contributed by atoms with Crippen LogP contribution in [0.2, 0.25) is 0 Å². The molecule has 32 heavy (non-hydrogen) atoms. The van der Waals surface area contributed by atoms with Crippen molar-refractivity contribution in [3.05, 3.63) is 59.9 Å². The van der Waals surface area contributed by atoms with Crippen molar-refractivity contribution < 1.29 is 19.1 Å². The van der Waals surface area contributed by atoms with E-state index in [4.69, 9.17) is 9.47 Å². The summed E-state index contributed by atoms with van der Waals surface area (Å²) >= 11 is 1.31. The van der Waals surface area contributed by atoms with Crippen molar-refractivity contribution in [3.63, 3.8) is 0 Å². The van der Waals surface area contributed by atoms with Crippen molar-refractivity contribution >= 4 is 29.1 Å². The molecule has 0 aliphatic rings. The van der Waals surface area contributed by atoms with Crippen LogP contribution < -0.4 is 14.8 Å². The van der Waals surface area contributed by atoms with Gasteiger partial charge in [-0.25, -0.2) is 0 Å². The number of carbonyl (C=O) groups is 2. The summed E-state index contributed by atoms with van der Waals surface area (Å²) in [4.78, 5) is 23.7. The molecule has 0 aliphatic heterocycles. The lowest BCUT2D eigenvalue weighted by molar-refractivity contribution is -0.113. The zero-order valence-corrected chi connectivity index (χ0v) is 19.3. The molecule has 1 amide bonds. The molecule has 168 valence electrons. The fraction of sp³-hybridized carbons (Fsp3) is 0.304. The average Bonchev–Trinajstić information content (AvgIpc) is 3.21. The Balaban J connectivity index is 1.61. The summed E-state index contributed by atoms with van der Waals surface area (Å²) in [6.45, 7) is 6.04. The summed E-state index contributed by atoms with van der Waals surface area (Å²) in [5.41, 5.74) is 1.24. The molecule has 0 fully saturated rings. The van der Waals surface area contributed by atoms with Crippen LogP contribution in [0.25, 0.3) is 0 Å². The van der Waals surface area contributed by atoms with E-state index in [1.165, 1.54) is 18.7 Å². The Hall–Kier alpha value is -3.33. The van der Waals surface area contributed by atoms with Crippen LogP contribution >= 0.6 is 11.8 Å². The van der Waals surface area contributed by atoms with Gasteiger partial charge in [-0.05, 0) is 57.2 Å². The van der Waals surface area contributed by atoms with Crippen molar-refractivity contribution in [2.75, 3.05) is 18.2 Å². The number of ether oxygens (including phenoxy) is 2. The Morgan fingerprint density at radius 3 is 2.50 bits per heavy atom. The van der Waals surface area contributed by atoms with Gasteiger partial charge in [0.2, 0.25) is 5.91 Å². The second-order valence-electron chi connectivity index (χ2n) is 6.99. The molecule has 1 unspecified atom stereocenters. The lowest BCUT2D eigenvalue weighted by Crippen LogP contribution is -2.15. The third kappa shape index (κ3) is 5.88. The molecule has 2 aromatic carbocycles. The van der Waals surface area contributed by atoms with Crippen LogP contribution in [0.3, 0.4) is 0 Å². The van der Waals surface area contributed by atoms with E-state index in [0.717, 1.165) is 0 Å². The fourth-order valence-corrected chi connectivity index (χ4v) is 3.86. The van der Waals surface area contributed by atoms with E-state index in [-0.39, 0.29) is 23.5 Å². The van der Waals surface area contributed by atoms with E-state index in [2.05, 4.69) is 15.5 Å². The SMILES string of the molecule is CCn1c(SCC(=O)Nc2ccc(C(C)=O)cc2)nnc1C(C)Oc1cccc(OC)c1. The largest absolute Gasteiger partial charge is 0.497 e. The van der Waals surface area contributed by atoms with Gasteiger partial charge in [0.05, 0.1) is 12.9 Å². The van der Waals surface area contributed by atoms with Gasteiger partial charge in [0.1, 0.15) is 11.5 Å². The Morgan fingerprint density at radius 1 is 1.12 bits per heavy atom. The number of nitrogens with one attached hydrogen (secondary N) is 1. The monoisotopic (exact) mass is 454 g/mol. The molecule has 0 bridgehead atoms. The fourth-order valence-electron chi connectivity index (χ4n) is 3.05. The number of nitrogens with zero attached hydrogens (tertiary/aromatic N) is 3. The number of anilines is 1. The number of thioether (sulfide) groups is 1. The summed E-state index contributed by atoms with van der Waals surface area (Å²) in [5, 5.41) is 12.0. The average molecular weight is 455 g/mol. The second-order valence-corrected chi connectivity index (χ2v) is 7.94. The Labute approximate surface area is 191 Å². The molecule has 3 aromatic rings. The van der Waals surface area contributed by atoms with Crippen LogP contribution in [0.1, 0.15) is 43.1 Å². The summed E-state index contributed by atoms with van der Waals surface area (Å²) < 4.78 is 13.2. The first-order valence-corrected chi connectivity index (χ1v) is 11.2. The summed E-state index contributed by atoms with van der Waals surface area (Å²) in [6.07, 6.45) is -0.336. The molecular formula is C23H26N4O4S. The van der Waals surface area contributed by atoms with Gasteiger partial charge in [0.25, 0.3) is 0 Å². The highest BCUT2D eigenvalue weighted by molar-refractivity contribution is 7.99. The maximum absolute atomic E-state index is 12.4. The van der Waals surface area contributed by atoms with Crippen molar-refractivity contribution in [1.82, 2.24) is 14.8 Å². The van der Waals surface area contributed by atoms with E-state index in [1.54, 1.807) is 31.4 Å². The third-order valence-corrected chi connectivity index (χ3v) is 5.65. The molecule has 0 radical (unpaired) electrons. The maximum atomic E-state index is 12.4. The Bertz CT molecular complexity index is 1080. The molecule has 1 N–H and O–H groups in total. The lowest BCUT2D eigenvalue weighted by atomic mass is 10.1. The summed E-state index contributed by atoms with van der Waals surface area (Å²) in [6, 6.07) is 14.2. The van der Waals surface area contributed by atoms with Crippen molar-refractivity contribution in [2.24, 2.45) is 0 Å². The van der Waals surface area contributed by atoms with Gasteiger partial charge in [-0.1, -0.05) is 17.8 Å². The van der Waals surface area contributed by atoms with Gasteiger partial charge < -0.3 is 19.4 Å². The topological polar surface area (TPSA) is 95.3 Å². The van der Waals surface area contributed by atoms with Crippen LogP contribution in [-0.2, 0) is 11.3 Å². The summed E-state index contributed by atoms with van der Waals surface area (Å²) in [5.74, 6) is 2.06. The number of hydrogen-bond donors (Lipinski definition) is 1. The number of Topliss-reactive ketones (excluding diaryl/α,β-unsaturated/α-hetero) is 1. The van der Waals surface area contributed by atoms with Gasteiger partial charge in [-0.3, -0.25) is 9.59 Å². The first-order chi connectivity index (χ1) is 15.4. The van der Waals surface area contributed by atoms with E-state index in [0.29, 0.717) is 40.3 Å². The maximum Gasteiger partial charge on any atom is 0.234 e. The minimum absolute atomic E-state index is 0.0160. The zero-order valence-electron chi connectivity index (χ0n) is 18.5. The molecule has 0 aliphatic carbocycles. The number of benzene rings is 2. The minimum atomic E-state index is -0.336. The first kappa shape index (κ1) is 23.3. The highest BCUT2D eigenvalue weighted by Crippen LogP contribution is 2.26.